The third-order valence-corrected chi connectivity index (χ3v) is 5.16. The average molecular weight is 372 g/mol. The fourth-order valence-corrected chi connectivity index (χ4v) is 3.74. The van der Waals surface area contributed by atoms with Crippen molar-refractivity contribution in [1.82, 2.24) is 9.84 Å². The van der Waals surface area contributed by atoms with Crippen LogP contribution in [0, 0.1) is 11.8 Å². The quantitative estimate of drug-likeness (QED) is 0.533. The summed E-state index contributed by atoms with van der Waals surface area (Å²) in [6.45, 7) is 6.83. The Kier molecular flexibility index (Phi) is 7.69. The van der Waals surface area contributed by atoms with Gasteiger partial charge in [-0.1, -0.05) is 45.9 Å². The molecule has 140 valence electrons. The molecule has 0 unspecified atom stereocenters. The second-order valence-corrected chi connectivity index (χ2v) is 8.40. The van der Waals surface area contributed by atoms with Gasteiger partial charge in [0.2, 0.25) is 5.91 Å². The Morgan fingerprint density at radius 1 is 1.20 bits per heavy atom. The normalized spacial score (nSPS) is 14.6. The van der Waals surface area contributed by atoms with Crippen molar-refractivity contribution < 1.29 is 22.5 Å². The SMILES string of the molecule is CC(C)C[C@@H](C=O)NC(=O)[C@H](C(C)C)N(F)S(=O)(=O)c1ccccc1. The molecule has 0 aliphatic carbocycles. The molecule has 0 spiro atoms. The number of hydrogen-bond acceptors (Lipinski definition) is 4. The number of halogens is 1. The van der Waals surface area contributed by atoms with E-state index in [1.165, 1.54) is 38.1 Å². The minimum absolute atomic E-state index is 0.141. The molecule has 25 heavy (non-hydrogen) atoms. The topological polar surface area (TPSA) is 83.6 Å². The summed E-state index contributed by atoms with van der Waals surface area (Å²) >= 11 is 0. The molecule has 0 fully saturated rings. The summed E-state index contributed by atoms with van der Waals surface area (Å²) in [4.78, 5) is 23.3. The van der Waals surface area contributed by atoms with Crippen LogP contribution in [0.15, 0.2) is 35.2 Å². The van der Waals surface area contributed by atoms with Crippen molar-refractivity contribution in [1.29, 1.82) is 0 Å². The summed E-state index contributed by atoms with van der Waals surface area (Å²) in [5, 5.41) is 2.43. The predicted octanol–water partition coefficient (Wildman–Crippen LogP) is 2.32. The van der Waals surface area contributed by atoms with Crippen LogP contribution in [-0.2, 0) is 19.6 Å². The molecule has 0 aliphatic heterocycles. The molecule has 1 rings (SSSR count). The van der Waals surface area contributed by atoms with Gasteiger partial charge in [0.25, 0.3) is 10.0 Å². The van der Waals surface area contributed by atoms with E-state index < -0.39 is 38.5 Å². The molecule has 8 heteroatoms. The third-order valence-electron chi connectivity index (χ3n) is 3.61. The summed E-state index contributed by atoms with van der Waals surface area (Å²) < 4.78 is 39.2. The average Bonchev–Trinajstić information content (AvgIpc) is 2.54. The number of hydrogen-bond donors (Lipinski definition) is 1. The molecule has 1 aromatic carbocycles. The van der Waals surface area contributed by atoms with Gasteiger partial charge in [-0.25, -0.2) is 8.42 Å². The smallest absolute Gasteiger partial charge is 0.269 e. The maximum Gasteiger partial charge on any atom is 0.269 e. The van der Waals surface area contributed by atoms with Gasteiger partial charge >= 0.3 is 0 Å². The van der Waals surface area contributed by atoms with Crippen molar-refractivity contribution >= 4 is 22.2 Å². The Morgan fingerprint density at radius 3 is 2.20 bits per heavy atom. The maximum atomic E-state index is 14.7. The first kappa shape index (κ1) is 21.2. The molecule has 0 aromatic heterocycles. The number of carbonyl (C=O) groups excluding carboxylic acids is 2. The van der Waals surface area contributed by atoms with Crippen LogP contribution in [0.2, 0.25) is 0 Å². The molecule has 0 saturated carbocycles. The van der Waals surface area contributed by atoms with Crippen LogP contribution in [0.4, 0.5) is 4.48 Å². The Balaban J connectivity index is 3.06. The predicted molar refractivity (Wildman–Crippen MR) is 92.7 cm³/mol. The summed E-state index contributed by atoms with van der Waals surface area (Å²) in [5.41, 5.74) is 0. The van der Waals surface area contributed by atoms with Gasteiger partial charge in [0, 0.05) is 0 Å². The van der Waals surface area contributed by atoms with Gasteiger partial charge in [-0.15, -0.1) is 4.48 Å². The summed E-state index contributed by atoms with van der Waals surface area (Å²) in [6.07, 6.45) is 0.960. The summed E-state index contributed by atoms with van der Waals surface area (Å²) in [5.74, 6) is -1.33. The third kappa shape index (κ3) is 5.61. The van der Waals surface area contributed by atoms with Crippen LogP contribution in [0.1, 0.15) is 34.1 Å². The minimum atomic E-state index is -4.48. The number of amides is 1. The van der Waals surface area contributed by atoms with Crippen LogP contribution < -0.4 is 5.32 Å². The lowest BCUT2D eigenvalue weighted by Gasteiger charge is -2.27. The lowest BCUT2D eigenvalue weighted by atomic mass is 10.0. The number of benzene rings is 1. The summed E-state index contributed by atoms with van der Waals surface area (Å²) in [6, 6.07) is 4.69. The van der Waals surface area contributed by atoms with Gasteiger partial charge in [-0.05, 0) is 34.9 Å². The minimum Gasteiger partial charge on any atom is -0.345 e. The Hall–Kier alpha value is -1.80. The van der Waals surface area contributed by atoms with E-state index in [4.69, 9.17) is 0 Å². The number of sulfonamides is 1. The van der Waals surface area contributed by atoms with Crippen molar-refractivity contribution in [3.8, 4) is 0 Å². The monoisotopic (exact) mass is 372 g/mol. The van der Waals surface area contributed by atoms with Crippen molar-refractivity contribution in [3.05, 3.63) is 30.3 Å². The highest BCUT2D eigenvalue weighted by molar-refractivity contribution is 7.89. The molecule has 0 radical (unpaired) electrons. The fourth-order valence-electron chi connectivity index (χ4n) is 2.40. The van der Waals surface area contributed by atoms with E-state index in [1.807, 2.05) is 13.8 Å². The number of nitrogens with one attached hydrogen (secondary N) is 1. The molecule has 1 amide bonds. The summed E-state index contributed by atoms with van der Waals surface area (Å²) in [7, 11) is -4.48. The molecule has 1 aromatic rings. The lowest BCUT2D eigenvalue weighted by Crippen LogP contribution is -2.51. The van der Waals surface area contributed by atoms with Crippen molar-refractivity contribution in [2.75, 3.05) is 0 Å². The van der Waals surface area contributed by atoms with E-state index in [0.29, 0.717) is 12.7 Å². The van der Waals surface area contributed by atoms with Gasteiger partial charge in [0.05, 0.1) is 10.9 Å². The highest BCUT2D eigenvalue weighted by atomic mass is 32.2. The zero-order valence-corrected chi connectivity index (χ0v) is 15.7. The Morgan fingerprint density at radius 2 is 1.76 bits per heavy atom. The molecule has 0 bridgehead atoms. The Labute approximate surface area is 148 Å². The molecule has 0 aliphatic rings. The van der Waals surface area contributed by atoms with E-state index in [1.54, 1.807) is 6.07 Å². The van der Waals surface area contributed by atoms with Crippen molar-refractivity contribution in [2.24, 2.45) is 11.8 Å². The van der Waals surface area contributed by atoms with Gasteiger partial charge in [-0.2, -0.15) is 0 Å². The second-order valence-electron chi connectivity index (χ2n) is 6.63. The van der Waals surface area contributed by atoms with Crippen LogP contribution in [-0.4, -0.2) is 37.2 Å². The van der Waals surface area contributed by atoms with E-state index in [0.717, 1.165) is 0 Å². The highest BCUT2D eigenvalue weighted by Gasteiger charge is 2.39. The standard InChI is InChI=1S/C17H25FN2O4S/c1-12(2)10-14(11-21)19-17(22)16(13(3)4)20(18)25(23,24)15-8-6-5-7-9-15/h5-9,11-14,16H,10H2,1-4H3,(H,19,22)/t14-,16-/m0/s1. The van der Waals surface area contributed by atoms with Crippen molar-refractivity contribution in [2.45, 2.75) is 51.1 Å². The number of nitrogens with zero attached hydrogens (tertiary/aromatic N) is 1. The molecule has 0 heterocycles. The lowest BCUT2D eigenvalue weighted by molar-refractivity contribution is -0.132. The van der Waals surface area contributed by atoms with E-state index in [9.17, 15) is 22.5 Å². The second kappa shape index (κ2) is 9.05. The van der Waals surface area contributed by atoms with Crippen LogP contribution >= 0.6 is 0 Å². The highest BCUT2D eigenvalue weighted by Crippen LogP contribution is 2.22. The molecular weight excluding hydrogens is 347 g/mol. The number of rotatable bonds is 9. The van der Waals surface area contributed by atoms with Gasteiger partial charge in [0.1, 0.15) is 12.3 Å². The van der Waals surface area contributed by atoms with Gasteiger partial charge in [-0.3, -0.25) is 4.79 Å². The fraction of sp³-hybridized carbons (Fsp3) is 0.529. The van der Waals surface area contributed by atoms with Gasteiger partial charge < -0.3 is 10.1 Å². The molecule has 6 nitrogen and oxygen atoms in total. The van der Waals surface area contributed by atoms with E-state index >= 15 is 0 Å². The first-order chi connectivity index (χ1) is 11.6. The zero-order valence-electron chi connectivity index (χ0n) is 14.8. The zero-order chi connectivity index (χ0) is 19.2. The number of carbonyl (C=O) groups is 2. The van der Waals surface area contributed by atoms with E-state index in [2.05, 4.69) is 5.32 Å². The van der Waals surface area contributed by atoms with Crippen LogP contribution in [0.3, 0.4) is 0 Å². The van der Waals surface area contributed by atoms with Crippen molar-refractivity contribution in [3.63, 3.8) is 0 Å². The number of aldehydes is 1. The molecule has 1 N–H and O–H groups in total. The Bertz CT molecular complexity index is 677. The van der Waals surface area contributed by atoms with Crippen LogP contribution in [0.25, 0.3) is 0 Å². The van der Waals surface area contributed by atoms with E-state index in [-0.39, 0.29) is 10.8 Å². The maximum absolute atomic E-state index is 14.7. The first-order valence-corrected chi connectivity index (χ1v) is 9.56. The first-order valence-electron chi connectivity index (χ1n) is 8.12. The van der Waals surface area contributed by atoms with Gasteiger partial charge in [0.15, 0.2) is 0 Å². The van der Waals surface area contributed by atoms with Crippen LogP contribution in [0.5, 0.6) is 0 Å². The molecule has 0 saturated heterocycles. The molecular formula is C17H25FN2O4S. The largest absolute Gasteiger partial charge is 0.345 e. The molecule has 2 atom stereocenters.